The topological polar surface area (TPSA) is 44.7 Å². The van der Waals surface area contributed by atoms with E-state index in [2.05, 4.69) is 31.0 Å². The van der Waals surface area contributed by atoms with Crippen molar-refractivity contribution in [1.29, 1.82) is 0 Å². The van der Waals surface area contributed by atoms with Crippen molar-refractivity contribution in [1.82, 2.24) is 10.2 Å². The van der Waals surface area contributed by atoms with E-state index in [4.69, 9.17) is 4.74 Å². The van der Waals surface area contributed by atoms with Gasteiger partial charge in [0.05, 0.1) is 7.11 Å². The highest BCUT2D eigenvalue weighted by Gasteiger charge is 2.34. The van der Waals surface area contributed by atoms with Crippen LogP contribution in [0.15, 0.2) is 18.2 Å². The second kappa shape index (κ2) is 8.82. The van der Waals surface area contributed by atoms with Gasteiger partial charge in [-0.05, 0) is 23.6 Å². The van der Waals surface area contributed by atoms with Crippen LogP contribution in [0.5, 0.6) is 11.5 Å². The molecule has 1 aliphatic rings. The first-order chi connectivity index (χ1) is 9.43. The first-order valence-corrected chi connectivity index (χ1v) is 7.25. The number of nitrogens with zero attached hydrogens (tertiary/aromatic N) is 1. The van der Waals surface area contributed by atoms with Gasteiger partial charge in [0.25, 0.3) is 0 Å². The molecule has 1 aromatic carbocycles. The van der Waals surface area contributed by atoms with Crippen molar-refractivity contribution in [2.75, 3.05) is 33.3 Å². The van der Waals surface area contributed by atoms with Gasteiger partial charge in [-0.1, -0.05) is 20.8 Å². The highest BCUT2D eigenvalue weighted by Crippen LogP contribution is 2.42. The summed E-state index contributed by atoms with van der Waals surface area (Å²) < 4.78 is 5.32. The number of phenols is 1. The zero-order valence-corrected chi connectivity index (χ0v) is 15.4. The summed E-state index contributed by atoms with van der Waals surface area (Å²) in [5, 5.41) is 13.7. The molecule has 1 aliphatic heterocycles. The third-order valence-corrected chi connectivity index (χ3v) is 3.87. The number of methoxy groups -OCH3 is 1. The zero-order valence-electron chi connectivity index (χ0n) is 13.8. The predicted octanol–water partition coefficient (Wildman–Crippen LogP) is 3.24. The first kappa shape index (κ1) is 21.3. The number of hydrogen-bond donors (Lipinski definition) is 2. The Morgan fingerprint density at radius 3 is 2.27 bits per heavy atom. The fourth-order valence-electron chi connectivity index (χ4n) is 3.03. The first-order valence-electron chi connectivity index (χ1n) is 7.25. The standard InChI is InChI=1S/C16H26N2O2.2ClH/c1-16(2,3)15(18-9-7-17-8-10-18)13-11-12(20-4)5-6-14(13)19;;/h5-6,11,15,17,19H,7-10H2,1-4H3;2*1H/t15-;;/m0../s1. The number of halogens is 2. The Labute approximate surface area is 146 Å². The van der Waals surface area contributed by atoms with Gasteiger partial charge in [0, 0.05) is 37.8 Å². The van der Waals surface area contributed by atoms with Crippen LogP contribution in [0.4, 0.5) is 0 Å². The molecule has 2 rings (SSSR count). The average molecular weight is 351 g/mol. The van der Waals surface area contributed by atoms with Crippen molar-refractivity contribution < 1.29 is 9.84 Å². The summed E-state index contributed by atoms with van der Waals surface area (Å²) in [7, 11) is 1.66. The van der Waals surface area contributed by atoms with Gasteiger partial charge in [0.1, 0.15) is 11.5 Å². The molecular weight excluding hydrogens is 323 g/mol. The van der Waals surface area contributed by atoms with Crippen molar-refractivity contribution in [3.63, 3.8) is 0 Å². The number of benzene rings is 1. The Bertz CT molecular complexity index is 458. The van der Waals surface area contributed by atoms with Crippen molar-refractivity contribution in [3.05, 3.63) is 23.8 Å². The van der Waals surface area contributed by atoms with Crippen LogP contribution in [-0.4, -0.2) is 43.3 Å². The summed E-state index contributed by atoms with van der Waals surface area (Å²) in [5.74, 6) is 1.14. The monoisotopic (exact) mass is 350 g/mol. The van der Waals surface area contributed by atoms with E-state index < -0.39 is 0 Å². The van der Waals surface area contributed by atoms with E-state index in [0.717, 1.165) is 37.5 Å². The second-order valence-corrected chi connectivity index (χ2v) is 6.48. The summed E-state index contributed by atoms with van der Waals surface area (Å²) in [6, 6.07) is 5.68. The highest BCUT2D eigenvalue weighted by atomic mass is 35.5. The Hall–Kier alpha value is -0.680. The lowest BCUT2D eigenvalue weighted by molar-refractivity contribution is 0.0841. The molecule has 0 bridgehead atoms. The van der Waals surface area contributed by atoms with E-state index in [9.17, 15) is 5.11 Å². The molecule has 0 unspecified atom stereocenters. The minimum atomic E-state index is 0. The van der Waals surface area contributed by atoms with Crippen LogP contribution in [0.2, 0.25) is 0 Å². The predicted molar refractivity (Wildman–Crippen MR) is 95.8 cm³/mol. The molecule has 128 valence electrons. The fourth-order valence-corrected chi connectivity index (χ4v) is 3.03. The number of hydrogen-bond acceptors (Lipinski definition) is 4. The Kier molecular flexibility index (Phi) is 8.55. The second-order valence-electron chi connectivity index (χ2n) is 6.48. The molecule has 1 atom stereocenters. The molecule has 22 heavy (non-hydrogen) atoms. The lowest BCUT2D eigenvalue weighted by atomic mass is 9.80. The third kappa shape index (κ3) is 4.92. The van der Waals surface area contributed by atoms with Crippen LogP contribution < -0.4 is 10.1 Å². The molecule has 0 spiro atoms. The summed E-state index contributed by atoms with van der Waals surface area (Å²) in [5.41, 5.74) is 1.00. The smallest absolute Gasteiger partial charge is 0.120 e. The van der Waals surface area contributed by atoms with Crippen LogP contribution in [-0.2, 0) is 0 Å². The molecule has 0 saturated carbocycles. The van der Waals surface area contributed by atoms with Gasteiger partial charge in [-0.2, -0.15) is 0 Å². The highest BCUT2D eigenvalue weighted by molar-refractivity contribution is 5.85. The molecule has 0 aliphatic carbocycles. The summed E-state index contributed by atoms with van der Waals surface area (Å²) in [6.07, 6.45) is 0. The summed E-state index contributed by atoms with van der Waals surface area (Å²) in [6.45, 7) is 10.7. The van der Waals surface area contributed by atoms with E-state index in [1.165, 1.54) is 0 Å². The van der Waals surface area contributed by atoms with Crippen molar-refractivity contribution in [3.8, 4) is 11.5 Å². The maximum Gasteiger partial charge on any atom is 0.120 e. The minimum Gasteiger partial charge on any atom is -0.508 e. The lowest BCUT2D eigenvalue weighted by Gasteiger charge is -2.42. The van der Waals surface area contributed by atoms with E-state index in [1.54, 1.807) is 19.2 Å². The number of ether oxygens (including phenoxy) is 1. The number of nitrogens with one attached hydrogen (secondary N) is 1. The fraction of sp³-hybridized carbons (Fsp3) is 0.625. The Balaban J connectivity index is 0.00000220. The summed E-state index contributed by atoms with van der Waals surface area (Å²) in [4.78, 5) is 2.45. The van der Waals surface area contributed by atoms with Crippen molar-refractivity contribution >= 4 is 24.8 Å². The van der Waals surface area contributed by atoms with E-state index in [0.29, 0.717) is 5.75 Å². The molecule has 6 heteroatoms. The zero-order chi connectivity index (χ0) is 14.8. The molecule has 0 aromatic heterocycles. The molecule has 1 heterocycles. The number of aromatic hydroxyl groups is 1. The maximum absolute atomic E-state index is 10.3. The van der Waals surface area contributed by atoms with Gasteiger partial charge in [-0.25, -0.2) is 0 Å². The normalized spacial score (nSPS) is 17.1. The molecule has 1 fully saturated rings. The molecule has 0 amide bonds. The molecule has 1 saturated heterocycles. The molecule has 2 N–H and O–H groups in total. The molecule has 4 nitrogen and oxygen atoms in total. The Morgan fingerprint density at radius 2 is 1.77 bits per heavy atom. The van der Waals surface area contributed by atoms with E-state index in [1.807, 2.05) is 6.07 Å². The van der Waals surface area contributed by atoms with Crippen molar-refractivity contribution in [2.45, 2.75) is 26.8 Å². The Morgan fingerprint density at radius 1 is 1.18 bits per heavy atom. The number of piperazine rings is 1. The quantitative estimate of drug-likeness (QED) is 0.878. The SMILES string of the molecule is COc1ccc(O)c([C@H](N2CCNCC2)C(C)(C)C)c1.Cl.Cl. The number of phenolic OH excluding ortho intramolecular Hbond substituents is 1. The van der Waals surface area contributed by atoms with Crippen molar-refractivity contribution in [2.24, 2.45) is 5.41 Å². The number of rotatable bonds is 3. The maximum atomic E-state index is 10.3. The average Bonchev–Trinajstić information content (AvgIpc) is 2.41. The van der Waals surface area contributed by atoms with Crippen LogP contribution in [0.1, 0.15) is 32.4 Å². The largest absolute Gasteiger partial charge is 0.508 e. The van der Waals surface area contributed by atoms with Gasteiger partial charge >= 0.3 is 0 Å². The third-order valence-electron chi connectivity index (χ3n) is 3.87. The minimum absolute atomic E-state index is 0. The van der Waals surface area contributed by atoms with Crippen LogP contribution >= 0.6 is 24.8 Å². The lowest BCUT2D eigenvalue weighted by Crippen LogP contribution is -2.48. The van der Waals surface area contributed by atoms with Crippen LogP contribution in [0.25, 0.3) is 0 Å². The van der Waals surface area contributed by atoms with E-state index in [-0.39, 0.29) is 36.3 Å². The van der Waals surface area contributed by atoms with Crippen LogP contribution in [0, 0.1) is 5.41 Å². The molecule has 0 radical (unpaired) electrons. The van der Waals surface area contributed by atoms with Gasteiger partial charge in [-0.3, -0.25) is 4.90 Å². The van der Waals surface area contributed by atoms with E-state index >= 15 is 0 Å². The van der Waals surface area contributed by atoms with Crippen LogP contribution in [0.3, 0.4) is 0 Å². The van der Waals surface area contributed by atoms with Gasteiger partial charge in [-0.15, -0.1) is 24.8 Å². The van der Waals surface area contributed by atoms with Gasteiger partial charge < -0.3 is 15.2 Å². The molecule has 1 aromatic rings. The van der Waals surface area contributed by atoms with Gasteiger partial charge in [0.15, 0.2) is 0 Å². The molecular formula is C16H28Cl2N2O2. The summed E-state index contributed by atoms with van der Waals surface area (Å²) >= 11 is 0. The van der Waals surface area contributed by atoms with Gasteiger partial charge in [0.2, 0.25) is 0 Å².